The number of anilines is 1. The third-order valence-electron chi connectivity index (χ3n) is 3.72. The molecule has 1 amide bonds. The van der Waals surface area contributed by atoms with Crippen molar-refractivity contribution in [1.29, 1.82) is 0 Å². The lowest BCUT2D eigenvalue weighted by molar-refractivity contribution is -0.121. The Morgan fingerprint density at radius 3 is 2.70 bits per heavy atom. The summed E-state index contributed by atoms with van der Waals surface area (Å²) in [4.78, 5) is 16.0. The van der Waals surface area contributed by atoms with Crippen LogP contribution in [0.2, 0.25) is 0 Å². The first-order valence-corrected chi connectivity index (χ1v) is 7.32. The molecule has 23 heavy (non-hydrogen) atoms. The molecular formula is C14H18F2N6O. The van der Waals surface area contributed by atoms with Crippen molar-refractivity contribution < 1.29 is 13.6 Å². The number of rotatable bonds is 5. The van der Waals surface area contributed by atoms with Crippen LogP contribution in [-0.2, 0) is 24.9 Å². The predicted molar refractivity (Wildman–Crippen MR) is 79.1 cm³/mol. The summed E-state index contributed by atoms with van der Waals surface area (Å²) < 4.78 is 27.5. The third-order valence-corrected chi connectivity index (χ3v) is 3.72. The molecule has 0 radical (unpaired) electrons. The molecule has 0 N–H and O–H groups in total. The van der Waals surface area contributed by atoms with Crippen molar-refractivity contribution in [3.8, 4) is 0 Å². The number of hydrogen-bond donors (Lipinski definition) is 0. The lowest BCUT2D eigenvalue weighted by atomic mass is 10.2. The molecule has 7 nitrogen and oxygen atoms in total. The van der Waals surface area contributed by atoms with Crippen molar-refractivity contribution in [3.05, 3.63) is 30.4 Å². The van der Waals surface area contributed by atoms with E-state index in [2.05, 4.69) is 10.2 Å². The second kappa shape index (κ2) is 6.45. The standard InChI is InChI=1S/C14H18F2N6O/c1-19-8-12(5-17-19)22-3-2-20(10-14(22)23)6-11-4-18-21(7-11)9-13(15)16/h4-5,7-8,13H,2-3,6,9-10H2,1H3. The highest BCUT2D eigenvalue weighted by Crippen LogP contribution is 2.17. The summed E-state index contributed by atoms with van der Waals surface area (Å²) in [5, 5.41) is 7.99. The SMILES string of the molecule is Cn1cc(N2CCN(Cc3cnn(CC(F)F)c3)CC2=O)cn1. The number of piperazine rings is 1. The van der Waals surface area contributed by atoms with Gasteiger partial charge in [0.2, 0.25) is 5.91 Å². The molecule has 1 aliphatic heterocycles. The van der Waals surface area contributed by atoms with Gasteiger partial charge in [-0.15, -0.1) is 0 Å². The van der Waals surface area contributed by atoms with Crippen LogP contribution in [0.4, 0.5) is 14.5 Å². The molecule has 124 valence electrons. The van der Waals surface area contributed by atoms with Gasteiger partial charge in [0.1, 0.15) is 6.54 Å². The van der Waals surface area contributed by atoms with Crippen LogP contribution in [0.1, 0.15) is 5.56 Å². The van der Waals surface area contributed by atoms with Gasteiger partial charge in [0.25, 0.3) is 6.43 Å². The average Bonchev–Trinajstić information content (AvgIpc) is 3.08. The lowest BCUT2D eigenvalue weighted by Gasteiger charge is -2.33. The van der Waals surface area contributed by atoms with Crippen molar-refractivity contribution >= 4 is 11.6 Å². The van der Waals surface area contributed by atoms with E-state index in [1.54, 1.807) is 35.2 Å². The molecule has 0 saturated carbocycles. The number of nitrogens with zero attached hydrogens (tertiary/aromatic N) is 6. The number of aromatic nitrogens is 4. The molecule has 3 rings (SSSR count). The molecule has 1 fully saturated rings. The second-order valence-electron chi connectivity index (χ2n) is 5.59. The molecule has 1 aliphatic rings. The summed E-state index contributed by atoms with van der Waals surface area (Å²) in [6, 6.07) is 0. The van der Waals surface area contributed by atoms with Crippen LogP contribution in [0.3, 0.4) is 0 Å². The lowest BCUT2D eigenvalue weighted by Crippen LogP contribution is -2.50. The smallest absolute Gasteiger partial charge is 0.257 e. The minimum atomic E-state index is -2.42. The number of alkyl halides is 2. The van der Waals surface area contributed by atoms with Gasteiger partial charge in [-0.3, -0.25) is 19.1 Å². The summed E-state index contributed by atoms with van der Waals surface area (Å²) in [6.07, 6.45) is 4.22. The van der Waals surface area contributed by atoms with E-state index in [-0.39, 0.29) is 12.5 Å². The van der Waals surface area contributed by atoms with Gasteiger partial charge in [-0.05, 0) is 0 Å². The van der Waals surface area contributed by atoms with Gasteiger partial charge in [0.05, 0.1) is 24.6 Å². The Bertz CT molecular complexity index is 682. The van der Waals surface area contributed by atoms with Crippen LogP contribution in [-0.4, -0.2) is 56.4 Å². The molecule has 0 bridgehead atoms. The Morgan fingerprint density at radius 2 is 2.04 bits per heavy atom. The highest BCUT2D eigenvalue weighted by atomic mass is 19.3. The van der Waals surface area contributed by atoms with E-state index in [1.807, 2.05) is 11.1 Å². The van der Waals surface area contributed by atoms with Crippen LogP contribution < -0.4 is 4.90 Å². The molecule has 2 aromatic heterocycles. The number of carbonyl (C=O) groups is 1. The highest BCUT2D eigenvalue weighted by Gasteiger charge is 2.26. The fourth-order valence-electron chi connectivity index (χ4n) is 2.67. The van der Waals surface area contributed by atoms with Gasteiger partial charge in [-0.1, -0.05) is 0 Å². The average molecular weight is 324 g/mol. The van der Waals surface area contributed by atoms with E-state index in [9.17, 15) is 13.6 Å². The van der Waals surface area contributed by atoms with Crippen molar-refractivity contribution in [3.63, 3.8) is 0 Å². The normalized spacial score (nSPS) is 16.5. The molecular weight excluding hydrogens is 306 g/mol. The Kier molecular flexibility index (Phi) is 4.37. The second-order valence-corrected chi connectivity index (χ2v) is 5.59. The van der Waals surface area contributed by atoms with Crippen molar-refractivity contribution in [1.82, 2.24) is 24.5 Å². The first kappa shape index (κ1) is 15.6. The van der Waals surface area contributed by atoms with Crippen molar-refractivity contribution in [2.45, 2.75) is 19.5 Å². The van der Waals surface area contributed by atoms with Gasteiger partial charge in [-0.2, -0.15) is 10.2 Å². The molecule has 0 spiro atoms. The quantitative estimate of drug-likeness (QED) is 0.814. The van der Waals surface area contributed by atoms with Gasteiger partial charge in [-0.25, -0.2) is 8.78 Å². The van der Waals surface area contributed by atoms with Crippen LogP contribution in [0, 0.1) is 0 Å². The number of halogens is 2. The number of hydrogen-bond acceptors (Lipinski definition) is 4. The van der Waals surface area contributed by atoms with E-state index in [4.69, 9.17) is 0 Å². The van der Waals surface area contributed by atoms with Crippen LogP contribution in [0.15, 0.2) is 24.8 Å². The van der Waals surface area contributed by atoms with Crippen LogP contribution in [0.25, 0.3) is 0 Å². The Morgan fingerprint density at radius 1 is 1.22 bits per heavy atom. The zero-order chi connectivity index (χ0) is 16.4. The molecule has 2 aromatic rings. The fourth-order valence-corrected chi connectivity index (χ4v) is 2.67. The zero-order valence-electron chi connectivity index (χ0n) is 12.8. The largest absolute Gasteiger partial charge is 0.307 e. The molecule has 9 heteroatoms. The maximum absolute atomic E-state index is 12.3. The molecule has 3 heterocycles. The summed E-state index contributed by atoms with van der Waals surface area (Å²) >= 11 is 0. The maximum Gasteiger partial charge on any atom is 0.257 e. The monoisotopic (exact) mass is 324 g/mol. The topological polar surface area (TPSA) is 59.2 Å². The van der Waals surface area contributed by atoms with Gasteiger partial charge in [0, 0.05) is 44.6 Å². The maximum atomic E-state index is 12.3. The number of aryl methyl sites for hydroxylation is 1. The van der Waals surface area contributed by atoms with Crippen molar-refractivity contribution in [2.75, 3.05) is 24.5 Å². The van der Waals surface area contributed by atoms with Gasteiger partial charge in [0.15, 0.2) is 0 Å². The first-order chi connectivity index (χ1) is 11.0. The zero-order valence-corrected chi connectivity index (χ0v) is 12.8. The number of amides is 1. The van der Waals surface area contributed by atoms with E-state index in [0.29, 0.717) is 19.6 Å². The van der Waals surface area contributed by atoms with Gasteiger partial charge < -0.3 is 4.90 Å². The Labute approximate surface area is 132 Å². The molecule has 0 aromatic carbocycles. The fraction of sp³-hybridized carbons (Fsp3) is 0.500. The summed E-state index contributed by atoms with van der Waals surface area (Å²) in [7, 11) is 1.81. The minimum Gasteiger partial charge on any atom is -0.307 e. The Balaban J connectivity index is 1.57. The minimum absolute atomic E-state index is 0.00391. The molecule has 0 unspecified atom stereocenters. The predicted octanol–water partition coefficient (Wildman–Crippen LogP) is 0.730. The summed E-state index contributed by atoms with van der Waals surface area (Å²) in [6.45, 7) is 1.69. The third kappa shape index (κ3) is 3.73. The summed E-state index contributed by atoms with van der Waals surface area (Å²) in [5.41, 5.74) is 1.62. The van der Waals surface area contributed by atoms with Crippen molar-refractivity contribution in [2.24, 2.45) is 7.05 Å². The first-order valence-electron chi connectivity index (χ1n) is 7.32. The van der Waals surface area contributed by atoms with E-state index < -0.39 is 13.0 Å². The van der Waals surface area contributed by atoms with Gasteiger partial charge >= 0.3 is 0 Å². The van der Waals surface area contributed by atoms with Crippen LogP contribution in [0.5, 0.6) is 0 Å². The van der Waals surface area contributed by atoms with Crippen LogP contribution >= 0.6 is 0 Å². The molecule has 0 aliphatic carbocycles. The van der Waals surface area contributed by atoms with E-state index in [1.165, 1.54) is 4.68 Å². The molecule has 1 saturated heterocycles. The van der Waals surface area contributed by atoms with E-state index >= 15 is 0 Å². The number of carbonyl (C=O) groups excluding carboxylic acids is 1. The molecule has 0 atom stereocenters. The Hall–Kier alpha value is -2.29. The highest BCUT2D eigenvalue weighted by molar-refractivity contribution is 5.95. The van der Waals surface area contributed by atoms with E-state index in [0.717, 1.165) is 11.3 Å². The summed E-state index contributed by atoms with van der Waals surface area (Å²) in [5.74, 6) is 0.00391.